The van der Waals surface area contributed by atoms with E-state index in [0.717, 1.165) is 5.56 Å². The molecule has 1 aromatic carbocycles. The summed E-state index contributed by atoms with van der Waals surface area (Å²) >= 11 is 5.80. The molecule has 1 saturated heterocycles. The minimum Gasteiger partial charge on any atom is -0.368 e. The van der Waals surface area contributed by atoms with Crippen molar-refractivity contribution in [2.75, 3.05) is 19.6 Å². The van der Waals surface area contributed by atoms with Gasteiger partial charge in [-0.3, -0.25) is 14.5 Å². The number of nitrogens with two attached hydrogens (primary N) is 1. The summed E-state index contributed by atoms with van der Waals surface area (Å²) in [7, 11) is 0. The molecule has 1 fully saturated rings. The third kappa shape index (κ3) is 6.17. The first kappa shape index (κ1) is 20.5. The summed E-state index contributed by atoms with van der Waals surface area (Å²) in [4.78, 5) is 25.4. The number of nitrogens with one attached hydrogen (secondary N) is 1. The molecular formula is C17H21ClF3N3O2. The van der Waals surface area contributed by atoms with Gasteiger partial charge in [-0.05, 0) is 43.6 Å². The molecule has 0 radical (unpaired) electrons. The number of rotatable bonds is 6. The first-order chi connectivity index (χ1) is 12.1. The Bertz CT molecular complexity index is 629. The van der Waals surface area contributed by atoms with Gasteiger partial charge in [-0.25, -0.2) is 0 Å². The van der Waals surface area contributed by atoms with Crippen molar-refractivity contribution in [1.82, 2.24) is 10.2 Å². The third-order valence-electron chi connectivity index (χ3n) is 4.45. The minimum atomic E-state index is -4.19. The van der Waals surface area contributed by atoms with Crippen LogP contribution in [0.4, 0.5) is 13.2 Å². The normalized spacial score (nSPS) is 17.7. The lowest BCUT2D eigenvalue weighted by molar-refractivity contribution is -0.185. The summed E-state index contributed by atoms with van der Waals surface area (Å²) in [5.41, 5.74) is 6.13. The molecule has 9 heteroatoms. The molecule has 0 bridgehead atoms. The van der Waals surface area contributed by atoms with Crippen LogP contribution < -0.4 is 11.1 Å². The van der Waals surface area contributed by atoms with Crippen molar-refractivity contribution in [3.63, 3.8) is 0 Å². The lowest BCUT2D eigenvalue weighted by Gasteiger charge is -2.32. The maximum atomic E-state index is 12.7. The number of hydrogen-bond acceptors (Lipinski definition) is 3. The van der Waals surface area contributed by atoms with Crippen molar-refractivity contribution in [1.29, 1.82) is 0 Å². The predicted octanol–water partition coefficient (Wildman–Crippen LogP) is 2.13. The molecule has 26 heavy (non-hydrogen) atoms. The fourth-order valence-corrected chi connectivity index (χ4v) is 3.07. The van der Waals surface area contributed by atoms with Crippen LogP contribution in [-0.2, 0) is 16.0 Å². The van der Waals surface area contributed by atoms with Crippen molar-refractivity contribution in [2.45, 2.75) is 31.5 Å². The summed E-state index contributed by atoms with van der Waals surface area (Å²) < 4.78 is 38.0. The van der Waals surface area contributed by atoms with Crippen LogP contribution in [0.15, 0.2) is 24.3 Å². The van der Waals surface area contributed by atoms with Crippen molar-refractivity contribution >= 4 is 23.4 Å². The van der Waals surface area contributed by atoms with E-state index in [1.54, 1.807) is 29.2 Å². The van der Waals surface area contributed by atoms with Crippen molar-refractivity contribution in [3.05, 3.63) is 34.9 Å². The van der Waals surface area contributed by atoms with Gasteiger partial charge in [-0.1, -0.05) is 23.7 Å². The molecule has 1 aromatic rings. The molecule has 0 aliphatic carbocycles. The summed E-state index contributed by atoms with van der Waals surface area (Å²) in [5, 5.41) is 3.11. The number of halogens is 4. The van der Waals surface area contributed by atoms with Gasteiger partial charge in [0.15, 0.2) is 0 Å². The standard InChI is InChI=1S/C17H21ClF3N3O2/c18-13-3-1-11(2-4-13)9-14(16(22)26)23-15(25)10-24-7-5-12(6-8-24)17(19,20)21/h1-4,12,14H,5-10H2,(H2,22,26)(H,23,25). The van der Waals surface area contributed by atoms with Crippen molar-refractivity contribution < 1.29 is 22.8 Å². The zero-order valence-electron chi connectivity index (χ0n) is 14.1. The molecular weight excluding hydrogens is 371 g/mol. The third-order valence-corrected chi connectivity index (χ3v) is 4.70. The molecule has 3 N–H and O–H groups in total. The fourth-order valence-electron chi connectivity index (χ4n) is 2.94. The first-order valence-electron chi connectivity index (χ1n) is 8.27. The van der Waals surface area contributed by atoms with E-state index >= 15 is 0 Å². The van der Waals surface area contributed by atoms with Gasteiger partial charge in [-0.2, -0.15) is 13.2 Å². The van der Waals surface area contributed by atoms with E-state index < -0.39 is 30.0 Å². The summed E-state index contributed by atoms with van der Waals surface area (Å²) in [6.07, 6.45) is -4.03. The fraction of sp³-hybridized carbons (Fsp3) is 0.529. The topological polar surface area (TPSA) is 75.4 Å². The summed E-state index contributed by atoms with van der Waals surface area (Å²) in [6.45, 7) is 0.320. The Morgan fingerprint density at radius 3 is 2.31 bits per heavy atom. The first-order valence-corrected chi connectivity index (χ1v) is 8.65. The zero-order valence-corrected chi connectivity index (χ0v) is 14.8. The quantitative estimate of drug-likeness (QED) is 0.780. The van der Waals surface area contributed by atoms with E-state index in [1.165, 1.54) is 0 Å². The molecule has 2 rings (SSSR count). The molecule has 0 spiro atoms. The minimum absolute atomic E-state index is 0.0270. The van der Waals surface area contributed by atoms with Crippen molar-refractivity contribution in [2.24, 2.45) is 11.7 Å². The van der Waals surface area contributed by atoms with Gasteiger partial charge >= 0.3 is 6.18 Å². The maximum Gasteiger partial charge on any atom is 0.391 e. The van der Waals surface area contributed by atoms with Gasteiger partial charge in [0.2, 0.25) is 11.8 Å². The number of piperidine rings is 1. The van der Waals surface area contributed by atoms with Crippen LogP contribution >= 0.6 is 11.6 Å². The van der Waals surface area contributed by atoms with Crippen molar-refractivity contribution in [3.8, 4) is 0 Å². The second-order valence-corrected chi connectivity index (χ2v) is 6.88. The lowest BCUT2D eigenvalue weighted by Crippen LogP contribution is -2.50. The Balaban J connectivity index is 1.84. The average Bonchev–Trinajstić information content (AvgIpc) is 2.55. The van der Waals surface area contributed by atoms with Gasteiger partial charge in [0, 0.05) is 11.4 Å². The van der Waals surface area contributed by atoms with Gasteiger partial charge in [0.25, 0.3) is 0 Å². The number of primary amides is 1. The number of alkyl halides is 3. The van der Waals surface area contributed by atoms with Crippen LogP contribution in [0, 0.1) is 5.92 Å². The van der Waals surface area contributed by atoms with E-state index in [1.807, 2.05) is 0 Å². The molecule has 5 nitrogen and oxygen atoms in total. The highest BCUT2D eigenvalue weighted by molar-refractivity contribution is 6.30. The van der Waals surface area contributed by atoms with Gasteiger partial charge in [-0.15, -0.1) is 0 Å². The highest BCUT2D eigenvalue weighted by Gasteiger charge is 2.41. The number of benzene rings is 1. The van der Waals surface area contributed by atoms with E-state index in [0.29, 0.717) is 5.02 Å². The Morgan fingerprint density at radius 2 is 1.81 bits per heavy atom. The molecule has 1 heterocycles. The van der Waals surface area contributed by atoms with Crippen LogP contribution in [0.2, 0.25) is 5.02 Å². The Morgan fingerprint density at radius 1 is 1.23 bits per heavy atom. The Kier molecular flexibility index (Phi) is 6.88. The maximum absolute atomic E-state index is 12.7. The number of carbonyl (C=O) groups excluding carboxylic acids is 2. The summed E-state index contributed by atoms with van der Waals surface area (Å²) in [6, 6.07) is 5.90. The van der Waals surface area contributed by atoms with E-state index in [2.05, 4.69) is 5.32 Å². The van der Waals surface area contributed by atoms with Crippen LogP contribution in [0.3, 0.4) is 0 Å². The zero-order chi connectivity index (χ0) is 19.3. The Hall–Kier alpha value is -1.80. The average molecular weight is 392 g/mol. The second-order valence-electron chi connectivity index (χ2n) is 6.45. The predicted molar refractivity (Wildman–Crippen MR) is 91.5 cm³/mol. The number of hydrogen-bond donors (Lipinski definition) is 2. The molecule has 2 amide bonds. The molecule has 0 saturated carbocycles. The highest BCUT2D eigenvalue weighted by Crippen LogP contribution is 2.33. The molecule has 1 aliphatic heterocycles. The smallest absolute Gasteiger partial charge is 0.368 e. The number of carbonyl (C=O) groups is 2. The van der Waals surface area contributed by atoms with Gasteiger partial charge in [0.1, 0.15) is 6.04 Å². The Labute approximate surface area is 154 Å². The largest absolute Gasteiger partial charge is 0.391 e. The van der Waals surface area contributed by atoms with Gasteiger partial charge in [0.05, 0.1) is 12.5 Å². The number of amides is 2. The van der Waals surface area contributed by atoms with E-state index in [-0.39, 0.29) is 38.9 Å². The van der Waals surface area contributed by atoms with E-state index in [4.69, 9.17) is 17.3 Å². The molecule has 1 aliphatic rings. The van der Waals surface area contributed by atoms with Gasteiger partial charge < -0.3 is 11.1 Å². The lowest BCUT2D eigenvalue weighted by atomic mass is 9.96. The number of nitrogens with zero attached hydrogens (tertiary/aromatic N) is 1. The van der Waals surface area contributed by atoms with Crippen LogP contribution in [0.25, 0.3) is 0 Å². The van der Waals surface area contributed by atoms with Crippen LogP contribution in [0.1, 0.15) is 18.4 Å². The summed E-state index contributed by atoms with van der Waals surface area (Å²) in [5.74, 6) is -2.43. The molecule has 1 unspecified atom stereocenters. The molecule has 144 valence electrons. The highest BCUT2D eigenvalue weighted by atomic mass is 35.5. The van der Waals surface area contributed by atoms with Crippen LogP contribution in [-0.4, -0.2) is 48.6 Å². The molecule has 0 aromatic heterocycles. The van der Waals surface area contributed by atoms with E-state index in [9.17, 15) is 22.8 Å². The van der Waals surface area contributed by atoms with Crippen LogP contribution in [0.5, 0.6) is 0 Å². The number of likely N-dealkylation sites (tertiary alicyclic amines) is 1. The second kappa shape index (κ2) is 8.73. The monoisotopic (exact) mass is 391 g/mol. The molecule has 1 atom stereocenters. The SMILES string of the molecule is NC(=O)C(Cc1ccc(Cl)cc1)NC(=O)CN1CCC(C(F)(F)F)CC1.